The summed E-state index contributed by atoms with van der Waals surface area (Å²) >= 11 is 3.60. The highest BCUT2D eigenvalue weighted by Crippen LogP contribution is 2.27. The Balaban J connectivity index is 1.69. The number of benzene rings is 1. The minimum atomic E-state index is 0.676. The molecular weight excluding hydrogens is 300 g/mol. The van der Waals surface area contributed by atoms with Gasteiger partial charge in [-0.1, -0.05) is 22.0 Å². The molecule has 1 saturated heterocycles. The van der Waals surface area contributed by atoms with Crippen molar-refractivity contribution in [2.45, 2.75) is 38.8 Å². The molecule has 1 N–H and O–H groups in total. The molecule has 0 radical (unpaired) electrons. The molecule has 0 bridgehead atoms. The SMILES string of the molecule is CC1Cc2ccc(Br)cc2CN1CC1CCCNC1. The van der Waals surface area contributed by atoms with Gasteiger partial charge in [0, 0.05) is 23.6 Å². The van der Waals surface area contributed by atoms with Gasteiger partial charge in [-0.3, -0.25) is 4.90 Å². The molecular formula is C16H23BrN2. The molecule has 0 aliphatic carbocycles. The van der Waals surface area contributed by atoms with Crippen LogP contribution in [0.5, 0.6) is 0 Å². The highest BCUT2D eigenvalue weighted by atomic mass is 79.9. The van der Waals surface area contributed by atoms with Gasteiger partial charge in [0.05, 0.1) is 0 Å². The van der Waals surface area contributed by atoms with Crippen LogP contribution < -0.4 is 5.32 Å². The molecule has 0 spiro atoms. The second-order valence-electron chi connectivity index (χ2n) is 6.11. The monoisotopic (exact) mass is 322 g/mol. The van der Waals surface area contributed by atoms with Crippen molar-refractivity contribution in [2.24, 2.45) is 5.92 Å². The molecule has 2 atom stereocenters. The summed E-state index contributed by atoms with van der Waals surface area (Å²) in [5.41, 5.74) is 3.05. The largest absolute Gasteiger partial charge is 0.316 e. The normalized spacial score (nSPS) is 28.1. The van der Waals surface area contributed by atoms with Gasteiger partial charge in [0.2, 0.25) is 0 Å². The van der Waals surface area contributed by atoms with Crippen LogP contribution >= 0.6 is 15.9 Å². The maximum absolute atomic E-state index is 3.60. The topological polar surface area (TPSA) is 15.3 Å². The summed E-state index contributed by atoms with van der Waals surface area (Å²) < 4.78 is 1.21. The highest BCUT2D eigenvalue weighted by Gasteiger charge is 2.25. The molecule has 2 nitrogen and oxygen atoms in total. The number of nitrogens with one attached hydrogen (secondary N) is 1. The molecule has 3 heteroatoms. The number of piperidine rings is 1. The van der Waals surface area contributed by atoms with Crippen LogP contribution in [0.3, 0.4) is 0 Å². The zero-order valence-electron chi connectivity index (χ0n) is 11.7. The summed E-state index contributed by atoms with van der Waals surface area (Å²) in [5, 5.41) is 3.53. The first-order valence-corrected chi connectivity index (χ1v) is 8.24. The van der Waals surface area contributed by atoms with E-state index in [2.05, 4.69) is 51.3 Å². The van der Waals surface area contributed by atoms with Crippen LogP contribution in [0.1, 0.15) is 30.9 Å². The minimum absolute atomic E-state index is 0.676. The van der Waals surface area contributed by atoms with Crippen molar-refractivity contribution in [2.75, 3.05) is 19.6 Å². The van der Waals surface area contributed by atoms with Crippen LogP contribution in [0, 0.1) is 5.92 Å². The number of hydrogen-bond acceptors (Lipinski definition) is 2. The van der Waals surface area contributed by atoms with Crippen LogP contribution in [0.25, 0.3) is 0 Å². The summed E-state index contributed by atoms with van der Waals surface area (Å²) in [6.07, 6.45) is 3.93. The first kappa shape index (κ1) is 13.6. The fraction of sp³-hybridized carbons (Fsp3) is 0.625. The van der Waals surface area contributed by atoms with Gasteiger partial charge in [-0.05, 0) is 68.5 Å². The lowest BCUT2D eigenvalue weighted by atomic mass is 9.92. The first-order valence-electron chi connectivity index (χ1n) is 7.44. The van der Waals surface area contributed by atoms with E-state index in [1.807, 2.05) is 0 Å². The third-order valence-corrected chi connectivity index (χ3v) is 5.07. The lowest BCUT2D eigenvalue weighted by molar-refractivity contribution is 0.143. The van der Waals surface area contributed by atoms with E-state index in [9.17, 15) is 0 Å². The smallest absolute Gasteiger partial charge is 0.0239 e. The van der Waals surface area contributed by atoms with Crippen molar-refractivity contribution in [3.05, 3.63) is 33.8 Å². The molecule has 2 unspecified atom stereocenters. The van der Waals surface area contributed by atoms with Crippen LogP contribution in [-0.2, 0) is 13.0 Å². The van der Waals surface area contributed by atoms with Gasteiger partial charge in [-0.25, -0.2) is 0 Å². The molecule has 104 valence electrons. The summed E-state index contributed by atoms with van der Waals surface area (Å²) in [4.78, 5) is 2.67. The van der Waals surface area contributed by atoms with Crippen molar-refractivity contribution < 1.29 is 0 Å². The van der Waals surface area contributed by atoms with Crippen LogP contribution in [0.4, 0.5) is 0 Å². The molecule has 2 aliphatic rings. The number of fused-ring (bicyclic) bond motifs is 1. The average molecular weight is 323 g/mol. The summed E-state index contributed by atoms with van der Waals surface area (Å²) in [6, 6.07) is 7.44. The fourth-order valence-electron chi connectivity index (χ4n) is 3.42. The Kier molecular flexibility index (Phi) is 4.25. The molecule has 3 rings (SSSR count). The van der Waals surface area contributed by atoms with Crippen LogP contribution in [-0.4, -0.2) is 30.6 Å². The van der Waals surface area contributed by atoms with E-state index in [1.165, 1.54) is 54.5 Å². The van der Waals surface area contributed by atoms with Crippen molar-refractivity contribution in [1.82, 2.24) is 10.2 Å². The number of halogens is 1. The Labute approximate surface area is 124 Å². The molecule has 1 aromatic rings. The third-order valence-electron chi connectivity index (χ3n) is 4.57. The van der Waals surface area contributed by atoms with Gasteiger partial charge in [0.15, 0.2) is 0 Å². The lowest BCUT2D eigenvalue weighted by Crippen LogP contribution is -2.44. The Hall–Kier alpha value is -0.380. The average Bonchev–Trinajstić information content (AvgIpc) is 2.41. The van der Waals surface area contributed by atoms with Crippen LogP contribution in [0.2, 0.25) is 0 Å². The summed E-state index contributed by atoms with van der Waals surface area (Å²) in [5.74, 6) is 0.838. The van der Waals surface area contributed by atoms with Gasteiger partial charge in [-0.2, -0.15) is 0 Å². The maximum atomic E-state index is 3.60. The second kappa shape index (κ2) is 5.94. The standard InChI is InChI=1S/C16H23BrN2/c1-12-7-14-4-5-16(17)8-15(14)11-19(12)10-13-3-2-6-18-9-13/h4-5,8,12-13,18H,2-3,6-7,9-11H2,1H3. The van der Waals surface area contributed by atoms with E-state index in [4.69, 9.17) is 0 Å². The van der Waals surface area contributed by atoms with Crippen molar-refractivity contribution >= 4 is 15.9 Å². The number of nitrogens with zero attached hydrogens (tertiary/aromatic N) is 1. The van der Waals surface area contributed by atoms with E-state index >= 15 is 0 Å². The summed E-state index contributed by atoms with van der Waals surface area (Å²) in [7, 11) is 0. The molecule has 19 heavy (non-hydrogen) atoms. The van der Waals surface area contributed by atoms with Gasteiger partial charge >= 0.3 is 0 Å². The van der Waals surface area contributed by atoms with E-state index in [0.29, 0.717) is 6.04 Å². The van der Waals surface area contributed by atoms with E-state index in [1.54, 1.807) is 0 Å². The zero-order chi connectivity index (χ0) is 13.2. The Morgan fingerprint density at radius 3 is 3.05 bits per heavy atom. The molecule has 0 saturated carbocycles. The first-order chi connectivity index (χ1) is 9.22. The number of rotatable bonds is 2. The Bertz CT molecular complexity index is 440. The van der Waals surface area contributed by atoms with Crippen molar-refractivity contribution in [3.8, 4) is 0 Å². The predicted octanol–water partition coefficient (Wildman–Crippen LogP) is 3.20. The Morgan fingerprint density at radius 1 is 1.37 bits per heavy atom. The molecule has 2 heterocycles. The summed E-state index contributed by atoms with van der Waals surface area (Å²) in [6.45, 7) is 7.16. The molecule has 2 aliphatic heterocycles. The van der Waals surface area contributed by atoms with Crippen molar-refractivity contribution in [3.63, 3.8) is 0 Å². The second-order valence-corrected chi connectivity index (χ2v) is 7.02. The zero-order valence-corrected chi connectivity index (χ0v) is 13.2. The van der Waals surface area contributed by atoms with Gasteiger partial charge < -0.3 is 5.32 Å². The molecule has 1 aromatic carbocycles. The number of hydrogen-bond donors (Lipinski definition) is 1. The van der Waals surface area contributed by atoms with Crippen molar-refractivity contribution in [1.29, 1.82) is 0 Å². The quantitative estimate of drug-likeness (QED) is 0.899. The fourth-order valence-corrected chi connectivity index (χ4v) is 3.83. The van der Waals surface area contributed by atoms with Gasteiger partial charge in [0.1, 0.15) is 0 Å². The van der Waals surface area contributed by atoms with Gasteiger partial charge in [-0.15, -0.1) is 0 Å². The highest BCUT2D eigenvalue weighted by molar-refractivity contribution is 9.10. The van der Waals surface area contributed by atoms with E-state index < -0.39 is 0 Å². The lowest BCUT2D eigenvalue weighted by Gasteiger charge is -2.38. The maximum Gasteiger partial charge on any atom is 0.0239 e. The molecule has 1 fully saturated rings. The van der Waals surface area contributed by atoms with E-state index in [-0.39, 0.29) is 0 Å². The Morgan fingerprint density at radius 2 is 2.26 bits per heavy atom. The minimum Gasteiger partial charge on any atom is -0.316 e. The van der Waals surface area contributed by atoms with Gasteiger partial charge in [0.25, 0.3) is 0 Å². The predicted molar refractivity (Wildman–Crippen MR) is 83.3 cm³/mol. The third kappa shape index (κ3) is 3.21. The molecule has 0 amide bonds. The van der Waals surface area contributed by atoms with E-state index in [0.717, 1.165) is 12.5 Å². The molecule has 0 aromatic heterocycles. The van der Waals surface area contributed by atoms with Crippen LogP contribution in [0.15, 0.2) is 22.7 Å².